The summed E-state index contributed by atoms with van der Waals surface area (Å²) in [6.07, 6.45) is 5.40. The van der Waals surface area contributed by atoms with Gasteiger partial charge in [0.25, 0.3) is 0 Å². The maximum Gasteiger partial charge on any atom is 0.326 e. The van der Waals surface area contributed by atoms with Gasteiger partial charge in [-0.15, -0.1) is 0 Å². The quantitative estimate of drug-likeness (QED) is 0.0501. The Morgan fingerprint density at radius 1 is 0.656 bits per heavy atom. The van der Waals surface area contributed by atoms with Crippen molar-refractivity contribution in [3.8, 4) is 0 Å². The molecule has 0 spiro atoms. The second-order valence-corrected chi connectivity index (χ2v) is 19.6. The first-order chi connectivity index (χ1) is 30.0. The Balaban J connectivity index is 1.24. The van der Waals surface area contributed by atoms with Gasteiger partial charge in [-0.1, -0.05) is 20.8 Å². The Labute approximate surface area is 374 Å². The first kappa shape index (κ1) is 52.7. The molecule has 0 unspecified atom stereocenters. The third kappa shape index (κ3) is 14.0. The maximum absolute atomic E-state index is 13.2. The molecule has 4 rings (SSSR count). The largest absolute Gasteiger partial charge is 0.480 e. The third-order valence-electron chi connectivity index (χ3n) is 15.5. The lowest BCUT2D eigenvalue weighted by atomic mass is 9.43. The molecular weight excluding hydrogens is 839 g/mol. The van der Waals surface area contributed by atoms with Crippen LogP contribution in [0.1, 0.15) is 97.8 Å². The molecule has 364 valence electrons. The summed E-state index contributed by atoms with van der Waals surface area (Å²) in [5.74, 6) is -6.31. The average molecular weight is 912 g/mol. The highest BCUT2D eigenvalue weighted by molar-refractivity contribution is 5.83. The van der Waals surface area contributed by atoms with E-state index < -0.39 is 91.5 Å². The smallest absolute Gasteiger partial charge is 0.326 e. The first-order valence-corrected chi connectivity index (χ1v) is 22.9. The molecule has 0 aromatic carbocycles. The number of nitrogens with zero attached hydrogens (tertiary/aromatic N) is 3. The molecule has 0 aromatic rings. The van der Waals surface area contributed by atoms with Crippen LogP contribution in [-0.2, 0) is 33.6 Å². The Morgan fingerprint density at radius 3 is 1.77 bits per heavy atom. The molecule has 4 fully saturated rings. The number of amides is 2. The van der Waals surface area contributed by atoms with E-state index in [2.05, 4.69) is 31.4 Å². The lowest BCUT2D eigenvalue weighted by Crippen LogP contribution is -2.62. The van der Waals surface area contributed by atoms with Crippen LogP contribution in [0.4, 0.5) is 0 Å². The monoisotopic (exact) mass is 912 g/mol. The molecular formula is C44H73N5O15. The van der Waals surface area contributed by atoms with Gasteiger partial charge in [0.05, 0.1) is 51.0 Å². The van der Waals surface area contributed by atoms with Crippen molar-refractivity contribution in [3.05, 3.63) is 0 Å². The number of carboxylic acids is 5. The Bertz CT molecular complexity index is 1580. The molecule has 0 saturated heterocycles. The van der Waals surface area contributed by atoms with Gasteiger partial charge < -0.3 is 51.5 Å². The van der Waals surface area contributed by atoms with Crippen molar-refractivity contribution in [2.75, 3.05) is 65.4 Å². The number of nitrogens with one attached hydrogen (secondary N) is 2. The van der Waals surface area contributed by atoms with Crippen molar-refractivity contribution in [2.45, 2.75) is 122 Å². The predicted octanol–water partition coefficient (Wildman–Crippen LogP) is 0.464. The molecule has 0 heterocycles. The molecule has 0 aromatic heterocycles. The van der Waals surface area contributed by atoms with E-state index in [0.717, 1.165) is 35.5 Å². The molecule has 4 aliphatic rings. The topological polar surface area (TPSA) is 315 Å². The highest BCUT2D eigenvalue weighted by Gasteiger charge is 2.65. The summed E-state index contributed by atoms with van der Waals surface area (Å²) in [5, 5.41) is 85.9. The number of aliphatic carboxylic acids is 5. The van der Waals surface area contributed by atoms with E-state index in [0.29, 0.717) is 38.5 Å². The van der Waals surface area contributed by atoms with E-state index in [4.69, 9.17) is 0 Å². The SMILES string of the molecule is C[C@H](CCC(=O)N[C@@H](CCCCNC(=O)CN(CCN(CC(=O)O)CC(=O)O)CCN(CC(=O)O)CC(=O)O)C(=O)O)[C@H]1CC[C@H]2[C@@H]3[C@H](O)C[C@@H]4C[C@H](O)CC[C@]4(C)[C@H]3C[C@H](O)[C@]12C. The normalized spacial score (nSPS) is 30.8. The molecule has 0 radical (unpaired) electrons. The zero-order chi connectivity index (χ0) is 47.5. The number of aliphatic hydroxyl groups is 3. The minimum absolute atomic E-state index is 0.00110. The summed E-state index contributed by atoms with van der Waals surface area (Å²) in [4.78, 5) is 87.2. The number of hydrogen-bond donors (Lipinski definition) is 10. The van der Waals surface area contributed by atoms with E-state index in [9.17, 15) is 74.4 Å². The van der Waals surface area contributed by atoms with Crippen molar-refractivity contribution in [3.63, 3.8) is 0 Å². The Kier molecular flexibility index (Phi) is 19.3. The van der Waals surface area contributed by atoms with Crippen LogP contribution in [0.2, 0.25) is 0 Å². The average Bonchev–Trinajstić information content (AvgIpc) is 3.55. The number of carboxylic acid groups (broad SMARTS) is 5. The fourth-order valence-electron chi connectivity index (χ4n) is 12.2. The number of carbonyl (C=O) groups excluding carboxylic acids is 2. The lowest BCUT2D eigenvalue weighted by Gasteiger charge is -2.63. The van der Waals surface area contributed by atoms with Gasteiger partial charge in [0, 0.05) is 39.1 Å². The summed E-state index contributed by atoms with van der Waals surface area (Å²) in [6.45, 7) is 3.94. The van der Waals surface area contributed by atoms with Gasteiger partial charge in [-0.05, 0) is 117 Å². The van der Waals surface area contributed by atoms with Gasteiger partial charge in [-0.25, -0.2) is 4.79 Å². The predicted molar refractivity (Wildman–Crippen MR) is 229 cm³/mol. The van der Waals surface area contributed by atoms with Gasteiger partial charge >= 0.3 is 29.8 Å². The van der Waals surface area contributed by atoms with Crippen LogP contribution < -0.4 is 10.6 Å². The van der Waals surface area contributed by atoms with Gasteiger partial charge in [0.2, 0.25) is 11.8 Å². The van der Waals surface area contributed by atoms with Crippen LogP contribution in [0, 0.1) is 46.3 Å². The zero-order valence-electron chi connectivity index (χ0n) is 37.6. The van der Waals surface area contributed by atoms with Gasteiger partial charge in [0.15, 0.2) is 0 Å². The number of fused-ring (bicyclic) bond motifs is 5. The molecule has 4 aliphatic carbocycles. The second-order valence-electron chi connectivity index (χ2n) is 19.6. The van der Waals surface area contributed by atoms with Crippen molar-refractivity contribution >= 4 is 41.7 Å². The van der Waals surface area contributed by atoms with Crippen molar-refractivity contribution in [1.29, 1.82) is 0 Å². The zero-order valence-corrected chi connectivity index (χ0v) is 37.6. The molecule has 2 amide bonds. The number of rotatable bonds is 27. The molecule has 12 atom stereocenters. The number of unbranched alkanes of at least 4 members (excludes halogenated alkanes) is 1. The van der Waals surface area contributed by atoms with Crippen LogP contribution >= 0.6 is 0 Å². The van der Waals surface area contributed by atoms with E-state index in [-0.39, 0.29) is 99.1 Å². The van der Waals surface area contributed by atoms with Gasteiger partial charge in [0.1, 0.15) is 6.04 Å². The van der Waals surface area contributed by atoms with E-state index in [1.807, 2.05) is 0 Å². The lowest BCUT2D eigenvalue weighted by molar-refractivity contribution is -0.207. The molecule has 4 saturated carbocycles. The Morgan fingerprint density at radius 2 is 1.22 bits per heavy atom. The molecule has 20 heteroatoms. The van der Waals surface area contributed by atoms with Crippen LogP contribution in [0.15, 0.2) is 0 Å². The van der Waals surface area contributed by atoms with Crippen molar-refractivity contribution in [1.82, 2.24) is 25.3 Å². The van der Waals surface area contributed by atoms with Crippen LogP contribution in [0.5, 0.6) is 0 Å². The summed E-state index contributed by atoms with van der Waals surface area (Å²) < 4.78 is 0. The van der Waals surface area contributed by atoms with Crippen LogP contribution in [-0.4, -0.2) is 187 Å². The van der Waals surface area contributed by atoms with E-state index in [1.54, 1.807) is 0 Å². The Hall–Kier alpha value is -3.95. The van der Waals surface area contributed by atoms with Gasteiger partial charge in [-0.3, -0.25) is 43.5 Å². The highest BCUT2D eigenvalue weighted by Crippen LogP contribution is 2.68. The van der Waals surface area contributed by atoms with Crippen LogP contribution in [0.3, 0.4) is 0 Å². The molecule has 0 bridgehead atoms. The molecule has 0 aliphatic heterocycles. The summed E-state index contributed by atoms with van der Waals surface area (Å²) in [7, 11) is 0. The highest BCUT2D eigenvalue weighted by atomic mass is 16.4. The minimum atomic E-state index is -1.26. The number of carbonyl (C=O) groups is 7. The third-order valence-corrected chi connectivity index (χ3v) is 15.5. The maximum atomic E-state index is 13.2. The van der Waals surface area contributed by atoms with E-state index in [1.165, 1.54) is 4.90 Å². The summed E-state index contributed by atoms with van der Waals surface area (Å²) in [6, 6.07) is -1.16. The second kappa shape index (κ2) is 23.5. The van der Waals surface area contributed by atoms with Crippen molar-refractivity contribution in [2.24, 2.45) is 46.3 Å². The van der Waals surface area contributed by atoms with Crippen LogP contribution in [0.25, 0.3) is 0 Å². The van der Waals surface area contributed by atoms with Crippen molar-refractivity contribution < 1.29 is 74.4 Å². The van der Waals surface area contributed by atoms with E-state index >= 15 is 0 Å². The summed E-state index contributed by atoms with van der Waals surface area (Å²) in [5.41, 5.74) is -0.460. The standard InChI is InChI=1S/C44H73N5O15/c1-26(29-8-9-30-41-31(20-34(52)44(29,30)3)43(2)12-11-28(50)18-27(43)19-33(41)51)7-10-35(53)46-32(42(63)64)6-4-5-13-45-36(54)21-47(14-16-48(22-37(55)56)23-38(57)58)15-17-49(24-39(59)60)25-40(61)62/h26-34,41,50-52H,4-25H2,1-3H3,(H,45,54)(H,46,53)(H,55,56)(H,57,58)(H,59,60)(H,61,62)(H,63,64)/t26-,27+,28-,29-,30+,31+,32+,33-,34+,41+,43+,44-/m1/s1. The fraction of sp³-hybridized carbons (Fsp3) is 0.841. The first-order valence-electron chi connectivity index (χ1n) is 22.9. The molecule has 10 N–H and O–H groups in total. The number of aliphatic hydroxyl groups excluding tert-OH is 3. The minimum Gasteiger partial charge on any atom is -0.480 e. The summed E-state index contributed by atoms with van der Waals surface area (Å²) >= 11 is 0. The fourth-order valence-corrected chi connectivity index (χ4v) is 12.2. The van der Waals surface area contributed by atoms with Gasteiger partial charge in [-0.2, -0.15) is 0 Å². The number of hydrogen-bond acceptors (Lipinski definition) is 13. The molecule has 20 nitrogen and oxygen atoms in total. The molecule has 64 heavy (non-hydrogen) atoms.